The number of methoxy groups -OCH3 is 1. The van der Waals surface area contributed by atoms with Gasteiger partial charge in [-0.05, 0) is 37.0 Å². The van der Waals surface area contributed by atoms with E-state index in [-0.39, 0.29) is 17.9 Å². The van der Waals surface area contributed by atoms with E-state index in [2.05, 4.69) is 10.6 Å². The molecule has 2 aliphatic rings. The van der Waals surface area contributed by atoms with Gasteiger partial charge in [0.25, 0.3) is 0 Å². The number of carbonyl (C=O) groups excluding carboxylic acids is 2. The number of nitrogens with one attached hydrogen (secondary N) is 2. The van der Waals surface area contributed by atoms with Crippen molar-refractivity contribution in [2.45, 2.75) is 30.7 Å². The lowest BCUT2D eigenvalue weighted by Crippen LogP contribution is -2.45. The molecule has 1 aliphatic carbocycles. The first-order chi connectivity index (χ1) is 9.65. The first kappa shape index (κ1) is 13.0. The fourth-order valence-corrected chi connectivity index (χ4v) is 2.71. The molecule has 1 heterocycles. The van der Waals surface area contributed by atoms with Crippen LogP contribution < -0.4 is 15.4 Å². The van der Waals surface area contributed by atoms with Crippen LogP contribution in [0.5, 0.6) is 5.75 Å². The van der Waals surface area contributed by atoms with Gasteiger partial charge in [0.1, 0.15) is 11.8 Å². The van der Waals surface area contributed by atoms with Crippen LogP contribution >= 0.6 is 0 Å². The van der Waals surface area contributed by atoms with Gasteiger partial charge in [-0.2, -0.15) is 0 Å². The van der Waals surface area contributed by atoms with Crippen LogP contribution in [0.4, 0.5) is 0 Å². The summed E-state index contributed by atoms with van der Waals surface area (Å²) in [5.74, 6) is 0.661. The van der Waals surface area contributed by atoms with Gasteiger partial charge < -0.3 is 15.4 Å². The fourth-order valence-electron chi connectivity index (χ4n) is 2.71. The Labute approximate surface area is 117 Å². The van der Waals surface area contributed by atoms with E-state index < -0.39 is 5.41 Å². The van der Waals surface area contributed by atoms with Gasteiger partial charge in [0.15, 0.2) is 0 Å². The third-order valence-corrected chi connectivity index (χ3v) is 4.18. The van der Waals surface area contributed by atoms with Crippen LogP contribution in [0.15, 0.2) is 24.3 Å². The van der Waals surface area contributed by atoms with Gasteiger partial charge in [0, 0.05) is 6.54 Å². The molecule has 0 bridgehead atoms. The Morgan fingerprint density at radius 1 is 1.35 bits per heavy atom. The van der Waals surface area contributed by atoms with Gasteiger partial charge in [-0.3, -0.25) is 9.59 Å². The van der Waals surface area contributed by atoms with Gasteiger partial charge in [-0.15, -0.1) is 0 Å². The molecule has 1 unspecified atom stereocenters. The van der Waals surface area contributed by atoms with E-state index >= 15 is 0 Å². The number of rotatable bonds is 4. The molecule has 0 radical (unpaired) electrons. The maximum absolute atomic E-state index is 12.5. The molecule has 0 aromatic heterocycles. The normalized spacial score (nSPS) is 23.1. The molecule has 5 heteroatoms. The summed E-state index contributed by atoms with van der Waals surface area (Å²) in [6, 6.07) is 7.22. The Hall–Kier alpha value is -2.04. The fraction of sp³-hybridized carbons (Fsp3) is 0.467. The van der Waals surface area contributed by atoms with Crippen LogP contribution in [0.25, 0.3) is 0 Å². The summed E-state index contributed by atoms with van der Waals surface area (Å²) in [4.78, 5) is 24.0. The Kier molecular flexibility index (Phi) is 3.12. The highest BCUT2D eigenvalue weighted by molar-refractivity contribution is 5.95. The van der Waals surface area contributed by atoms with Crippen LogP contribution in [-0.2, 0) is 15.0 Å². The molecule has 1 atom stereocenters. The van der Waals surface area contributed by atoms with Crippen molar-refractivity contribution in [2.24, 2.45) is 0 Å². The summed E-state index contributed by atoms with van der Waals surface area (Å²) in [6.45, 7) is 0.638. The summed E-state index contributed by atoms with van der Waals surface area (Å²) in [5.41, 5.74) is 0.545. The Morgan fingerprint density at radius 2 is 2.05 bits per heavy atom. The number of amides is 2. The lowest BCUT2D eigenvalue weighted by molar-refractivity contribution is -0.128. The predicted molar refractivity (Wildman–Crippen MR) is 73.5 cm³/mol. The quantitative estimate of drug-likeness (QED) is 0.850. The molecule has 2 N–H and O–H groups in total. The summed E-state index contributed by atoms with van der Waals surface area (Å²) in [5, 5.41) is 5.61. The maximum atomic E-state index is 12.5. The molecular formula is C15H18N2O3. The minimum atomic E-state index is -0.449. The Bertz CT molecular complexity index is 535. The standard InChI is InChI=1S/C15H18N2O3/c1-20-11-4-2-10(3-5-11)15(7-8-15)14(19)17-12-6-9-16-13(12)18/h2-5,12H,6-9H2,1H3,(H,16,18)(H,17,19). The summed E-state index contributed by atoms with van der Waals surface area (Å²) >= 11 is 0. The van der Waals surface area contributed by atoms with Gasteiger partial charge in [-0.25, -0.2) is 0 Å². The largest absolute Gasteiger partial charge is 0.497 e. The highest BCUT2D eigenvalue weighted by Gasteiger charge is 2.52. The average molecular weight is 274 g/mol. The monoisotopic (exact) mass is 274 g/mol. The molecule has 1 aliphatic heterocycles. The van der Waals surface area contributed by atoms with Crippen LogP contribution in [0, 0.1) is 0 Å². The zero-order chi connectivity index (χ0) is 14.2. The second-order valence-corrected chi connectivity index (χ2v) is 5.42. The van der Waals surface area contributed by atoms with Crippen molar-refractivity contribution in [1.82, 2.24) is 10.6 Å². The van der Waals surface area contributed by atoms with Crippen molar-refractivity contribution < 1.29 is 14.3 Å². The van der Waals surface area contributed by atoms with Crippen molar-refractivity contribution in [2.75, 3.05) is 13.7 Å². The number of ether oxygens (including phenoxy) is 1. The van der Waals surface area contributed by atoms with E-state index in [9.17, 15) is 9.59 Å². The second kappa shape index (κ2) is 4.81. The first-order valence-electron chi connectivity index (χ1n) is 6.89. The van der Waals surface area contributed by atoms with Crippen LogP contribution in [0.3, 0.4) is 0 Å². The van der Waals surface area contributed by atoms with Crippen molar-refractivity contribution in [3.05, 3.63) is 29.8 Å². The number of hydrogen-bond donors (Lipinski definition) is 2. The SMILES string of the molecule is COc1ccc(C2(C(=O)NC3CCNC3=O)CC2)cc1. The number of carbonyl (C=O) groups is 2. The van der Waals surface area contributed by atoms with Crippen LogP contribution in [-0.4, -0.2) is 31.5 Å². The van der Waals surface area contributed by atoms with Crippen LogP contribution in [0.2, 0.25) is 0 Å². The van der Waals surface area contributed by atoms with Gasteiger partial charge in [0.2, 0.25) is 11.8 Å². The van der Waals surface area contributed by atoms with E-state index in [1.807, 2.05) is 24.3 Å². The van der Waals surface area contributed by atoms with Gasteiger partial charge in [0.05, 0.1) is 12.5 Å². The van der Waals surface area contributed by atoms with E-state index in [0.717, 1.165) is 24.2 Å². The number of hydrogen-bond acceptors (Lipinski definition) is 3. The summed E-state index contributed by atoms with van der Waals surface area (Å²) in [7, 11) is 1.62. The van der Waals surface area contributed by atoms with Crippen molar-refractivity contribution in [1.29, 1.82) is 0 Å². The summed E-state index contributed by atoms with van der Waals surface area (Å²) in [6.07, 6.45) is 2.34. The molecule has 20 heavy (non-hydrogen) atoms. The van der Waals surface area contributed by atoms with Crippen molar-refractivity contribution in [3.63, 3.8) is 0 Å². The highest BCUT2D eigenvalue weighted by Crippen LogP contribution is 2.48. The lowest BCUT2D eigenvalue weighted by Gasteiger charge is -2.18. The maximum Gasteiger partial charge on any atom is 0.242 e. The number of benzene rings is 1. The minimum absolute atomic E-state index is 0.0373. The predicted octanol–water partition coefficient (Wildman–Crippen LogP) is 0.731. The van der Waals surface area contributed by atoms with Gasteiger partial charge >= 0.3 is 0 Å². The Balaban J connectivity index is 1.74. The molecule has 1 saturated carbocycles. The molecule has 2 amide bonds. The molecule has 1 saturated heterocycles. The molecule has 1 aromatic rings. The third-order valence-electron chi connectivity index (χ3n) is 4.18. The second-order valence-electron chi connectivity index (χ2n) is 5.42. The van der Waals surface area contributed by atoms with Gasteiger partial charge in [-0.1, -0.05) is 12.1 Å². The molecule has 2 fully saturated rings. The molecular weight excluding hydrogens is 256 g/mol. The summed E-state index contributed by atoms with van der Waals surface area (Å²) < 4.78 is 5.13. The van der Waals surface area contributed by atoms with E-state index in [4.69, 9.17) is 4.74 Å². The zero-order valence-corrected chi connectivity index (χ0v) is 11.4. The molecule has 5 nitrogen and oxygen atoms in total. The van der Waals surface area contributed by atoms with E-state index in [1.54, 1.807) is 7.11 Å². The molecule has 0 spiro atoms. The van der Waals surface area contributed by atoms with Crippen molar-refractivity contribution in [3.8, 4) is 5.75 Å². The zero-order valence-electron chi connectivity index (χ0n) is 11.4. The first-order valence-corrected chi connectivity index (χ1v) is 6.89. The van der Waals surface area contributed by atoms with Crippen molar-refractivity contribution >= 4 is 11.8 Å². The molecule has 106 valence electrons. The minimum Gasteiger partial charge on any atom is -0.497 e. The Morgan fingerprint density at radius 3 is 2.55 bits per heavy atom. The third kappa shape index (κ3) is 2.13. The molecule has 1 aromatic carbocycles. The highest BCUT2D eigenvalue weighted by atomic mass is 16.5. The molecule has 3 rings (SSSR count). The smallest absolute Gasteiger partial charge is 0.242 e. The average Bonchev–Trinajstić information content (AvgIpc) is 3.19. The topological polar surface area (TPSA) is 67.4 Å². The lowest BCUT2D eigenvalue weighted by atomic mass is 9.94. The van der Waals surface area contributed by atoms with E-state index in [1.165, 1.54) is 0 Å². The van der Waals surface area contributed by atoms with Crippen LogP contribution in [0.1, 0.15) is 24.8 Å². The van der Waals surface area contributed by atoms with E-state index in [0.29, 0.717) is 13.0 Å².